The number of amides is 4. The number of rotatable bonds is 14. The van der Waals surface area contributed by atoms with E-state index in [0.717, 1.165) is 5.56 Å². The number of carbonyl (C=O) groups is 5. The van der Waals surface area contributed by atoms with Crippen LogP contribution in [0.4, 0.5) is 0 Å². The second-order valence-corrected chi connectivity index (χ2v) is 8.44. The van der Waals surface area contributed by atoms with Crippen LogP contribution in [0.25, 0.3) is 0 Å². The van der Waals surface area contributed by atoms with Crippen molar-refractivity contribution in [1.82, 2.24) is 16.0 Å². The van der Waals surface area contributed by atoms with Crippen LogP contribution in [0, 0.1) is 0 Å². The first-order valence-corrected chi connectivity index (χ1v) is 11.6. The monoisotopic (exact) mass is 481 g/mol. The Balaban J connectivity index is 2.96. The zero-order chi connectivity index (χ0) is 25.0. The molecule has 33 heavy (non-hydrogen) atoms. The summed E-state index contributed by atoms with van der Waals surface area (Å²) in [6.45, 7) is 1.40. The van der Waals surface area contributed by atoms with Gasteiger partial charge in [0.1, 0.15) is 18.1 Å². The number of hydrogen-bond acceptors (Lipinski definition) is 7. The maximum Gasteiger partial charge on any atom is 0.326 e. The minimum atomic E-state index is -1.33. The molecule has 0 saturated carbocycles. The first-order chi connectivity index (χ1) is 15.5. The number of nitrogens with one attached hydrogen (secondary N) is 3. The molecule has 11 nitrogen and oxygen atoms in total. The number of carboxylic acids is 1. The summed E-state index contributed by atoms with van der Waals surface area (Å²) in [7, 11) is 0. The Kier molecular flexibility index (Phi) is 11.9. The van der Waals surface area contributed by atoms with Crippen molar-refractivity contribution in [3.63, 3.8) is 0 Å². The second-order valence-electron chi connectivity index (χ2n) is 7.45. The lowest BCUT2D eigenvalue weighted by molar-refractivity contribution is -0.142. The molecule has 8 N–H and O–H groups in total. The van der Waals surface area contributed by atoms with Crippen LogP contribution in [0.5, 0.6) is 0 Å². The van der Waals surface area contributed by atoms with Gasteiger partial charge in [-0.1, -0.05) is 30.3 Å². The van der Waals surface area contributed by atoms with Crippen LogP contribution >= 0.6 is 11.8 Å². The molecule has 0 radical (unpaired) electrons. The number of hydrogen-bond donors (Lipinski definition) is 6. The van der Waals surface area contributed by atoms with E-state index < -0.39 is 60.2 Å². The fourth-order valence-corrected chi connectivity index (χ4v) is 3.28. The Bertz CT molecular complexity index is 836. The number of thioether (sulfide) groups is 1. The standard InChI is InChI=1S/C21H31N5O6S/c1-12(22)18(28)25-15(11-17(23)27)20(30)24-14(8-9-33-2)19(29)26-16(21(31)32)10-13-6-4-3-5-7-13/h3-7,12,14-16H,8-11,22H2,1-2H3,(H2,23,27)(H,24,30)(H,25,28)(H,26,29)(H,31,32). The Hall–Kier alpha value is -3.12. The molecule has 0 spiro atoms. The lowest BCUT2D eigenvalue weighted by Crippen LogP contribution is -2.57. The highest BCUT2D eigenvalue weighted by atomic mass is 32.2. The van der Waals surface area contributed by atoms with Gasteiger partial charge in [0.2, 0.25) is 23.6 Å². The van der Waals surface area contributed by atoms with Crippen LogP contribution < -0.4 is 27.4 Å². The van der Waals surface area contributed by atoms with E-state index in [4.69, 9.17) is 11.5 Å². The molecule has 1 aromatic rings. The summed E-state index contributed by atoms with van der Waals surface area (Å²) in [6.07, 6.45) is 1.57. The number of aliphatic carboxylic acids is 1. The third-order valence-electron chi connectivity index (χ3n) is 4.59. The topological polar surface area (TPSA) is 194 Å². The van der Waals surface area contributed by atoms with Gasteiger partial charge < -0.3 is 32.5 Å². The van der Waals surface area contributed by atoms with Gasteiger partial charge in [-0.3, -0.25) is 19.2 Å². The molecule has 0 aliphatic rings. The van der Waals surface area contributed by atoms with E-state index in [9.17, 15) is 29.1 Å². The van der Waals surface area contributed by atoms with Gasteiger partial charge in [0.15, 0.2) is 0 Å². The molecule has 182 valence electrons. The van der Waals surface area contributed by atoms with Crippen molar-refractivity contribution in [2.24, 2.45) is 11.5 Å². The third kappa shape index (κ3) is 10.4. The van der Waals surface area contributed by atoms with Crippen molar-refractivity contribution < 1.29 is 29.1 Å². The summed E-state index contributed by atoms with van der Waals surface area (Å²) in [5.74, 6) is -3.75. The van der Waals surface area contributed by atoms with Crippen LogP contribution in [-0.4, -0.2) is 70.9 Å². The van der Waals surface area contributed by atoms with E-state index in [2.05, 4.69) is 16.0 Å². The van der Waals surface area contributed by atoms with Gasteiger partial charge in [0.25, 0.3) is 0 Å². The predicted molar refractivity (Wildman–Crippen MR) is 124 cm³/mol. The average molecular weight is 482 g/mol. The molecule has 0 aromatic heterocycles. The Morgan fingerprint density at radius 3 is 2.00 bits per heavy atom. The number of carboxylic acid groups (broad SMARTS) is 1. The summed E-state index contributed by atoms with van der Waals surface area (Å²) in [4.78, 5) is 60.6. The lowest BCUT2D eigenvalue weighted by atomic mass is 10.0. The predicted octanol–water partition coefficient (Wildman–Crippen LogP) is -1.26. The molecule has 1 rings (SSSR count). The van der Waals surface area contributed by atoms with Gasteiger partial charge in [-0.05, 0) is 30.9 Å². The fourth-order valence-electron chi connectivity index (χ4n) is 2.81. The Morgan fingerprint density at radius 1 is 0.939 bits per heavy atom. The van der Waals surface area contributed by atoms with E-state index in [1.807, 2.05) is 6.26 Å². The Morgan fingerprint density at radius 2 is 1.48 bits per heavy atom. The maximum atomic E-state index is 12.9. The molecular formula is C21H31N5O6S. The van der Waals surface area contributed by atoms with E-state index in [0.29, 0.717) is 5.75 Å². The largest absolute Gasteiger partial charge is 0.480 e. The minimum absolute atomic E-state index is 0.0554. The van der Waals surface area contributed by atoms with E-state index in [1.54, 1.807) is 30.3 Å². The van der Waals surface area contributed by atoms with Gasteiger partial charge in [0.05, 0.1) is 12.5 Å². The molecule has 0 saturated heterocycles. The van der Waals surface area contributed by atoms with Crippen molar-refractivity contribution in [2.75, 3.05) is 12.0 Å². The van der Waals surface area contributed by atoms with Crippen LogP contribution in [-0.2, 0) is 30.4 Å². The molecule has 12 heteroatoms. The Labute approximate surface area is 196 Å². The van der Waals surface area contributed by atoms with Crippen molar-refractivity contribution in [3.8, 4) is 0 Å². The number of nitrogens with two attached hydrogens (primary N) is 2. The number of benzene rings is 1. The number of carbonyl (C=O) groups excluding carboxylic acids is 4. The summed E-state index contributed by atoms with van der Waals surface area (Å²) < 4.78 is 0. The normalized spacial score (nSPS) is 14.3. The van der Waals surface area contributed by atoms with Gasteiger partial charge in [-0.15, -0.1) is 0 Å². The van der Waals surface area contributed by atoms with Crippen LogP contribution in [0.2, 0.25) is 0 Å². The molecule has 4 unspecified atom stereocenters. The summed E-state index contributed by atoms with van der Waals surface area (Å²) in [5, 5.41) is 16.8. The fraction of sp³-hybridized carbons (Fsp3) is 0.476. The molecule has 0 heterocycles. The van der Waals surface area contributed by atoms with Gasteiger partial charge in [-0.25, -0.2) is 4.79 Å². The summed E-state index contributed by atoms with van der Waals surface area (Å²) >= 11 is 1.43. The molecule has 4 amide bonds. The minimum Gasteiger partial charge on any atom is -0.480 e. The highest BCUT2D eigenvalue weighted by Crippen LogP contribution is 2.07. The SMILES string of the molecule is CSCCC(NC(=O)C(CC(N)=O)NC(=O)C(C)N)C(=O)NC(Cc1ccccc1)C(=O)O. The van der Waals surface area contributed by atoms with Crippen molar-refractivity contribution in [2.45, 2.75) is 50.4 Å². The third-order valence-corrected chi connectivity index (χ3v) is 5.24. The van der Waals surface area contributed by atoms with Crippen molar-refractivity contribution in [3.05, 3.63) is 35.9 Å². The first kappa shape index (κ1) is 27.9. The maximum absolute atomic E-state index is 12.9. The van der Waals surface area contributed by atoms with Crippen LogP contribution in [0.15, 0.2) is 30.3 Å². The molecule has 1 aromatic carbocycles. The molecule has 0 bridgehead atoms. The average Bonchev–Trinajstić information content (AvgIpc) is 2.75. The first-order valence-electron chi connectivity index (χ1n) is 10.3. The van der Waals surface area contributed by atoms with E-state index in [1.165, 1.54) is 18.7 Å². The summed E-state index contributed by atoms with van der Waals surface area (Å²) in [5.41, 5.74) is 11.4. The zero-order valence-electron chi connectivity index (χ0n) is 18.6. The number of primary amides is 1. The van der Waals surface area contributed by atoms with E-state index in [-0.39, 0.29) is 12.8 Å². The zero-order valence-corrected chi connectivity index (χ0v) is 19.4. The van der Waals surface area contributed by atoms with Gasteiger partial charge >= 0.3 is 5.97 Å². The van der Waals surface area contributed by atoms with Gasteiger partial charge in [-0.2, -0.15) is 11.8 Å². The van der Waals surface area contributed by atoms with E-state index >= 15 is 0 Å². The molecular weight excluding hydrogens is 450 g/mol. The lowest BCUT2D eigenvalue weighted by Gasteiger charge is -2.24. The molecule has 0 fully saturated rings. The van der Waals surface area contributed by atoms with Crippen molar-refractivity contribution >= 4 is 41.4 Å². The highest BCUT2D eigenvalue weighted by molar-refractivity contribution is 7.98. The van der Waals surface area contributed by atoms with Gasteiger partial charge in [0, 0.05) is 6.42 Å². The summed E-state index contributed by atoms with van der Waals surface area (Å²) in [6, 6.07) is 4.22. The smallest absolute Gasteiger partial charge is 0.326 e. The highest BCUT2D eigenvalue weighted by Gasteiger charge is 2.30. The van der Waals surface area contributed by atoms with Crippen molar-refractivity contribution in [1.29, 1.82) is 0 Å². The quantitative estimate of drug-likeness (QED) is 0.189. The molecule has 0 aliphatic heterocycles. The molecule has 4 atom stereocenters. The molecule has 0 aliphatic carbocycles. The van der Waals surface area contributed by atoms with Crippen LogP contribution in [0.3, 0.4) is 0 Å². The van der Waals surface area contributed by atoms with Crippen LogP contribution in [0.1, 0.15) is 25.3 Å². The second kappa shape index (κ2) is 14.1.